The first-order chi connectivity index (χ1) is 9.51. The SMILES string of the molecule is COc1cc(NC(=O)c2ccc(Br)c(N)c2)ccc1Cl. The molecule has 3 N–H and O–H groups in total. The van der Waals surface area contributed by atoms with Gasteiger partial charge in [-0.1, -0.05) is 11.6 Å². The second kappa shape index (κ2) is 6.15. The molecule has 2 rings (SSSR count). The lowest BCUT2D eigenvalue weighted by Gasteiger charge is -2.09. The van der Waals surface area contributed by atoms with Gasteiger partial charge < -0.3 is 15.8 Å². The smallest absolute Gasteiger partial charge is 0.255 e. The minimum absolute atomic E-state index is 0.256. The molecule has 0 spiro atoms. The summed E-state index contributed by atoms with van der Waals surface area (Å²) in [6.45, 7) is 0. The number of anilines is 2. The number of hydrogen-bond donors (Lipinski definition) is 2. The highest BCUT2D eigenvalue weighted by atomic mass is 79.9. The van der Waals surface area contributed by atoms with Crippen LogP contribution in [-0.2, 0) is 0 Å². The molecule has 0 aliphatic heterocycles. The second-order valence-corrected chi connectivity index (χ2v) is 5.30. The summed E-state index contributed by atoms with van der Waals surface area (Å²) < 4.78 is 5.85. The molecule has 4 nitrogen and oxygen atoms in total. The van der Waals surface area contributed by atoms with E-state index in [1.165, 1.54) is 7.11 Å². The van der Waals surface area contributed by atoms with E-state index in [4.69, 9.17) is 22.1 Å². The lowest BCUT2D eigenvalue weighted by atomic mass is 10.2. The molecule has 0 fully saturated rings. The summed E-state index contributed by atoms with van der Waals surface area (Å²) in [4.78, 5) is 12.1. The van der Waals surface area contributed by atoms with Crippen LogP contribution >= 0.6 is 27.5 Å². The predicted molar refractivity (Wildman–Crippen MR) is 84.5 cm³/mol. The average molecular weight is 356 g/mol. The molecule has 1 amide bonds. The van der Waals surface area contributed by atoms with Crippen LogP contribution in [0.3, 0.4) is 0 Å². The standard InChI is InChI=1S/C14H12BrClN2O2/c1-20-13-7-9(3-5-11(13)16)18-14(19)8-2-4-10(15)12(17)6-8/h2-7H,17H2,1H3,(H,18,19). The van der Waals surface area contributed by atoms with E-state index in [9.17, 15) is 4.79 Å². The Bertz CT molecular complexity index is 662. The van der Waals surface area contributed by atoms with Crippen LogP contribution in [0.25, 0.3) is 0 Å². The molecule has 0 unspecified atom stereocenters. The fourth-order valence-corrected chi connectivity index (χ4v) is 2.07. The number of ether oxygens (including phenoxy) is 1. The molecule has 0 aliphatic rings. The monoisotopic (exact) mass is 354 g/mol. The zero-order valence-electron chi connectivity index (χ0n) is 10.6. The number of carbonyl (C=O) groups excluding carboxylic acids is 1. The maximum atomic E-state index is 12.1. The molecule has 0 aromatic heterocycles. The molecule has 6 heteroatoms. The molecule has 20 heavy (non-hydrogen) atoms. The van der Waals surface area contributed by atoms with Crippen molar-refractivity contribution >= 4 is 44.8 Å². The molecule has 0 heterocycles. The van der Waals surface area contributed by atoms with Crippen LogP contribution in [0.1, 0.15) is 10.4 Å². The number of halogens is 2. The maximum Gasteiger partial charge on any atom is 0.255 e. The summed E-state index contributed by atoms with van der Waals surface area (Å²) in [7, 11) is 1.52. The van der Waals surface area contributed by atoms with Crippen molar-refractivity contribution in [3.63, 3.8) is 0 Å². The number of methoxy groups -OCH3 is 1. The van der Waals surface area contributed by atoms with Gasteiger partial charge in [0.25, 0.3) is 5.91 Å². The van der Waals surface area contributed by atoms with E-state index in [1.54, 1.807) is 36.4 Å². The van der Waals surface area contributed by atoms with Gasteiger partial charge in [0.05, 0.1) is 12.1 Å². The topological polar surface area (TPSA) is 64.3 Å². The number of amides is 1. The van der Waals surface area contributed by atoms with Crippen molar-refractivity contribution in [3.8, 4) is 5.75 Å². The Hall–Kier alpha value is -1.72. The summed E-state index contributed by atoms with van der Waals surface area (Å²) in [5, 5.41) is 3.24. The summed E-state index contributed by atoms with van der Waals surface area (Å²) in [5.41, 5.74) is 7.33. The Morgan fingerprint density at radius 2 is 2.05 bits per heavy atom. The summed E-state index contributed by atoms with van der Waals surface area (Å²) in [5.74, 6) is 0.244. The number of hydrogen-bond acceptors (Lipinski definition) is 3. The minimum Gasteiger partial charge on any atom is -0.495 e. The van der Waals surface area contributed by atoms with Crippen LogP contribution in [0.5, 0.6) is 5.75 Å². The molecular weight excluding hydrogens is 344 g/mol. The van der Waals surface area contributed by atoms with Crippen LogP contribution in [0.4, 0.5) is 11.4 Å². The van der Waals surface area contributed by atoms with Crippen molar-refractivity contribution in [2.24, 2.45) is 0 Å². The first-order valence-electron chi connectivity index (χ1n) is 5.71. The molecule has 104 valence electrons. The molecule has 0 saturated heterocycles. The van der Waals surface area contributed by atoms with Gasteiger partial charge in [-0.25, -0.2) is 0 Å². The lowest BCUT2D eigenvalue weighted by Crippen LogP contribution is -2.12. The summed E-state index contributed by atoms with van der Waals surface area (Å²) in [6, 6.07) is 10.0. The van der Waals surface area contributed by atoms with Crippen molar-refractivity contribution < 1.29 is 9.53 Å². The van der Waals surface area contributed by atoms with Gasteiger partial charge in [0, 0.05) is 27.5 Å². The minimum atomic E-state index is -0.256. The molecule has 0 bridgehead atoms. The van der Waals surface area contributed by atoms with Crippen molar-refractivity contribution in [2.75, 3.05) is 18.2 Å². The van der Waals surface area contributed by atoms with Crippen LogP contribution in [-0.4, -0.2) is 13.0 Å². The first-order valence-corrected chi connectivity index (χ1v) is 6.88. The van der Waals surface area contributed by atoms with Gasteiger partial charge >= 0.3 is 0 Å². The van der Waals surface area contributed by atoms with Crippen molar-refractivity contribution in [1.82, 2.24) is 0 Å². The number of nitrogen functional groups attached to an aromatic ring is 1. The molecule has 0 saturated carbocycles. The van der Waals surface area contributed by atoms with Crippen molar-refractivity contribution in [2.45, 2.75) is 0 Å². The van der Waals surface area contributed by atoms with E-state index in [2.05, 4.69) is 21.2 Å². The average Bonchev–Trinajstić information content (AvgIpc) is 2.43. The fourth-order valence-electron chi connectivity index (χ4n) is 1.63. The van der Waals surface area contributed by atoms with Gasteiger partial charge in [-0.3, -0.25) is 4.79 Å². The summed E-state index contributed by atoms with van der Waals surface area (Å²) >= 11 is 9.21. The van der Waals surface area contributed by atoms with E-state index < -0.39 is 0 Å². The van der Waals surface area contributed by atoms with Gasteiger partial charge in [-0.2, -0.15) is 0 Å². The van der Waals surface area contributed by atoms with Crippen molar-refractivity contribution in [3.05, 3.63) is 51.5 Å². The Morgan fingerprint density at radius 1 is 1.30 bits per heavy atom. The van der Waals surface area contributed by atoms with E-state index in [1.807, 2.05) is 0 Å². The van der Waals surface area contributed by atoms with E-state index in [0.717, 1.165) is 4.47 Å². The molecule has 0 aliphatic carbocycles. The Morgan fingerprint density at radius 3 is 2.70 bits per heavy atom. The highest BCUT2D eigenvalue weighted by Gasteiger charge is 2.09. The Kier molecular flexibility index (Phi) is 4.52. The molecule has 0 radical (unpaired) electrons. The Labute approximate surface area is 130 Å². The van der Waals surface area contributed by atoms with E-state index in [-0.39, 0.29) is 5.91 Å². The fraction of sp³-hybridized carbons (Fsp3) is 0.0714. The lowest BCUT2D eigenvalue weighted by molar-refractivity contribution is 0.102. The second-order valence-electron chi connectivity index (χ2n) is 4.04. The van der Waals surface area contributed by atoms with E-state index in [0.29, 0.717) is 27.7 Å². The van der Waals surface area contributed by atoms with Gasteiger partial charge in [-0.15, -0.1) is 0 Å². The zero-order valence-corrected chi connectivity index (χ0v) is 13.0. The van der Waals surface area contributed by atoms with Gasteiger partial charge in [-0.05, 0) is 46.3 Å². The normalized spacial score (nSPS) is 10.2. The first kappa shape index (κ1) is 14.7. The van der Waals surface area contributed by atoms with Crippen LogP contribution < -0.4 is 15.8 Å². The van der Waals surface area contributed by atoms with Gasteiger partial charge in [0.1, 0.15) is 5.75 Å². The quantitative estimate of drug-likeness (QED) is 0.820. The van der Waals surface area contributed by atoms with Crippen LogP contribution in [0.2, 0.25) is 5.02 Å². The summed E-state index contributed by atoms with van der Waals surface area (Å²) in [6.07, 6.45) is 0. The third-order valence-electron chi connectivity index (χ3n) is 2.67. The highest BCUT2D eigenvalue weighted by Crippen LogP contribution is 2.28. The van der Waals surface area contributed by atoms with Crippen molar-refractivity contribution in [1.29, 1.82) is 0 Å². The Balaban J connectivity index is 2.21. The van der Waals surface area contributed by atoms with E-state index >= 15 is 0 Å². The highest BCUT2D eigenvalue weighted by molar-refractivity contribution is 9.10. The predicted octanol–water partition coefficient (Wildman–Crippen LogP) is 3.95. The molecular formula is C14H12BrClN2O2. The van der Waals surface area contributed by atoms with Crippen LogP contribution in [0, 0.1) is 0 Å². The number of nitrogens with one attached hydrogen (secondary N) is 1. The van der Waals surface area contributed by atoms with Gasteiger partial charge in [0.15, 0.2) is 0 Å². The molecule has 2 aromatic rings. The zero-order chi connectivity index (χ0) is 14.7. The third kappa shape index (κ3) is 3.23. The largest absolute Gasteiger partial charge is 0.495 e. The molecule has 2 aromatic carbocycles. The number of benzene rings is 2. The van der Waals surface area contributed by atoms with Crippen LogP contribution in [0.15, 0.2) is 40.9 Å². The number of nitrogens with two attached hydrogens (primary N) is 1. The van der Waals surface area contributed by atoms with Gasteiger partial charge in [0.2, 0.25) is 0 Å². The molecule has 0 atom stereocenters. The number of rotatable bonds is 3. The number of carbonyl (C=O) groups is 1. The maximum absolute atomic E-state index is 12.1. The third-order valence-corrected chi connectivity index (χ3v) is 3.70.